The van der Waals surface area contributed by atoms with Crippen LogP contribution in [0, 0.1) is 10.1 Å². The molecule has 0 aliphatic rings. The van der Waals surface area contributed by atoms with E-state index in [1.165, 1.54) is 17.4 Å². The van der Waals surface area contributed by atoms with Gasteiger partial charge in [-0.25, -0.2) is 9.67 Å². The summed E-state index contributed by atoms with van der Waals surface area (Å²) >= 11 is 1.32. The molecule has 156 valence electrons. The number of rotatable bonds is 6. The van der Waals surface area contributed by atoms with Crippen LogP contribution >= 0.6 is 11.3 Å². The summed E-state index contributed by atoms with van der Waals surface area (Å²) in [4.78, 5) is 18.0. The zero-order chi connectivity index (χ0) is 21.8. The quantitative estimate of drug-likeness (QED) is 0.246. The number of nitro groups is 1. The van der Waals surface area contributed by atoms with E-state index in [-0.39, 0.29) is 11.4 Å². The molecule has 0 saturated heterocycles. The molecule has 0 spiro atoms. The maximum atomic E-state index is 11.4. The molecular weight excluding hydrogens is 414 g/mol. The van der Waals surface area contributed by atoms with Gasteiger partial charge in [0.2, 0.25) is 4.80 Å². The van der Waals surface area contributed by atoms with Crippen LogP contribution in [0.25, 0.3) is 11.5 Å². The second-order valence-electron chi connectivity index (χ2n) is 6.78. The van der Waals surface area contributed by atoms with E-state index in [9.17, 15) is 10.1 Å². The Morgan fingerprint density at radius 3 is 2.55 bits per heavy atom. The van der Waals surface area contributed by atoms with Crippen LogP contribution in [0.4, 0.5) is 17.1 Å². The fourth-order valence-electron chi connectivity index (χ4n) is 2.88. The van der Waals surface area contributed by atoms with Crippen LogP contribution in [0.15, 0.2) is 86.8 Å². The summed E-state index contributed by atoms with van der Waals surface area (Å²) in [6.45, 7) is 0. The third kappa shape index (κ3) is 4.46. The summed E-state index contributed by atoms with van der Waals surface area (Å²) in [7, 11) is 3.97. The number of hydrogen-bond acceptors (Lipinski definition) is 7. The van der Waals surface area contributed by atoms with Gasteiger partial charge in [-0.05, 0) is 35.9 Å². The molecule has 0 amide bonds. The molecule has 0 N–H and O–H groups in total. The lowest BCUT2D eigenvalue weighted by Crippen LogP contribution is -2.11. The van der Waals surface area contributed by atoms with Gasteiger partial charge >= 0.3 is 0 Å². The van der Waals surface area contributed by atoms with Crippen LogP contribution in [-0.2, 0) is 0 Å². The summed E-state index contributed by atoms with van der Waals surface area (Å²) < 4.78 is 7.16. The summed E-state index contributed by atoms with van der Waals surface area (Å²) in [6, 6.07) is 17.9. The highest BCUT2D eigenvalue weighted by atomic mass is 32.1. The van der Waals surface area contributed by atoms with Crippen molar-refractivity contribution in [2.24, 2.45) is 10.1 Å². The maximum absolute atomic E-state index is 11.4. The number of nitrogens with zero attached hydrogens (tertiary/aromatic N) is 5. The average molecular weight is 433 g/mol. The van der Waals surface area contributed by atoms with Gasteiger partial charge < -0.3 is 9.32 Å². The molecular formula is C22H19N5O3S. The van der Waals surface area contributed by atoms with Gasteiger partial charge in [-0.2, -0.15) is 5.10 Å². The van der Waals surface area contributed by atoms with Gasteiger partial charge in [0, 0.05) is 31.2 Å². The summed E-state index contributed by atoms with van der Waals surface area (Å²) in [5.41, 5.74) is 2.90. The number of furan rings is 1. The molecule has 2 aromatic carbocycles. The number of benzene rings is 2. The minimum Gasteiger partial charge on any atom is -0.463 e. The van der Waals surface area contributed by atoms with Crippen LogP contribution < -0.4 is 9.70 Å². The van der Waals surface area contributed by atoms with E-state index in [4.69, 9.17) is 4.42 Å². The van der Waals surface area contributed by atoms with Gasteiger partial charge in [0.25, 0.3) is 5.69 Å². The van der Waals surface area contributed by atoms with Gasteiger partial charge in [-0.1, -0.05) is 24.3 Å². The Hall–Kier alpha value is -3.98. The van der Waals surface area contributed by atoms with Crippen molar-refractivity contribution in [1.29, 1.82) is 0 Å². The Bertz CT molecular complexity index is 1290. The van der Waals surface area contributed by atoms with Crippen molar-refractivity contribution in [3.05, 3.63) is 92.8 Å². The van der Waals surface area contributed by atoms with E-state index < -0.39 is 4.92 Å². The first-order valence-corrected chi connectivity index (χ1v) is 10.3. The predicted molar refractivity (Wildman–Crippen MR) is 122 cm³/mol. The Labute approximate surface area is 182 Å². The number of aromatic nitrogens is 1. The summed E-state index contributed by atoms with van der Waals surface area (Å²) in [6.07, 6.45) is 3.30. The van der Waals surface area contributed by atoms with Gasteiger partial charge in [0.05, 0.1) is 17.4 Å². The van der Waals surface area contributed by atoms with E-state index in [0.717, 1.165) is 11.3 Å². The normalized spacial score (nSPS) is 11.9. The van der Waals surface area contributed by atoms with Gasteiger partial charge in [-0.15, -0.1) is 11.3 Å². The molecule has 0 aliphatic carbocycles. The second kappa shape index (κ2) is 8.80. The Kier molecular flexibility index (Phi) is 5.76. The number of anilines is 1. The molecule has 4 aromatic rings. The van der Waals surface area contributed by atoms with Crippen molar-refractivity contribution in [2.75, 3.05) is 19.0 Å². The first kappa shape index (κ1) is 20.3. The van der Waals surface area contributed by atoms with Crippen LogP contribution in [0.3, 0.4) is 0 Å². The lowest BCUT2D eigenvalue weighted by Gasteiger charge is -2.11. The van der Waals surface area contributed by atoms with Crippen LogP contribution in [0.5, 0.6) is 0 Å². The van der Waals surface area contributed by atoms with E-state index in [0.29, 0.717) is 16.3 Å². The van der Waals surface area contributed by atoms with Crippen molar-refractivity contribution in [3.8, 4) is 11.5 Å². The van der Waals surface area contributed by atoms with Crippen molar-refractivity contribution in [2.45, 2.75) is 0 Å². The minimum absolute atomic E-state index is 0.0646. The largest absolute Gasteiger partial charge is 0.463 e. The smallest absolute Gasteiger partial charge is 0.294 e. The molecule has 0 bridgehead atoms. The molecule has 0 aliphatic heterocycles. The molecule has 0 fully saturated rings. The molecule has 2 aromatic heterocycles. The topological polar surface area (TPSA) is 89.2 Å². The molecule has 9 heteroatoms. The Morgan fingerprint density at radius 2 is 1.87 bits per heavy atom. The first-order chi connectivity index (χ1) is 15.0. The van der Waals surface area contributed by atoms with Crippen molar-refractivity contribution >= 4 is 34.6 Å². The number of thiazole rings is 1. The number of nitro benzene ring substituents is 1. The minimum atomic E-state index is -0.445. The number of para-hydroxylation sites is 2. The summed E-state index contributed by atoms with van der Waals surface area (Å²) in [5, 5.41) is 17.8. The lowest BCUT2D eigenvalue weighted by molar-refractivity contribution is -0.384. The molecule has 31 heavy (non-hydrogen) atoms. The monoisotopic (exact) mass is 433 g/mol. The average Bonchev–Trinajstić information content (AvgIpc) is 3.43. The maximum Gasteiger partial charge on any atom is 0.294 e. The Morgan fingerprint density at radius 1 is 1.10 bits per heavy atom. The highest BCUT2D eigenvalue weighted by Crippen LogP contribution is 2.27. The van der Waals surface area contributed by atoms with Crippen molar-refractivity contribution in [3.63, 3.8) is 0 Å². The molecule has 0 saturated carbocycles. The molecule has 4 rings (SSSR count). The lowest BCUT2D eigenvalue weighted by atomic mass is 10.2. The van der Waals surface area contributed by atoms with Gasteiger partial charge in [-0.3, -0.25) is 10.1 Å². The van der Waals surface area contributed by atoms with E-state index in [1.807, 2.05) is 54.7 Å². The van der Waals surface area contributed by atoms with E-state index in [2.05, 4.69) is 10.1 Å². The highest BCUT2D eigenvalue weighted by molar-refractivity contribution is 7.07. The van der Waals surface area contributed by atoms with Gasteiger partial charge in [0.1, 0.15) is 11.4 Å². The van der Waals surface area contributed by atoms with Crippen LogP contribution in [0.2, 0.25) is 0 Å². The zero-order valence-corrected chi connectivity index (χ0v) is 17.7. The third-order valence-corrected chi connectivity index (χ3v) is 5.30. The molecule has 2 heterocycles. The SMILES string of the molecule is CN(C)c1ccc(C=Nn2c(-c3ccco3)csc2=Nc2ccccc2[N+](=O)[O-])cc1. The van der Waals surface area contributed by atoms with Crippen LogP contribution in [0.1, 0.15) is 5.56 Å². The number of hydrogen-bond donors (Lipinski definition) is 0. The molecule has 0 radical (unpaired) electrons. The van der Waals surface area contributed by atoms with E-state index >= 15 is 0 Å². The summed E-state index contributed by atoms with van der Waals surface area (Å²) in [5.74, 6) is 0.625. The molecule has 8 nitrogen and oxygen atoms in total. The molecule has 0 unspecified atom stereocenters. The Balaban J connectivity index is 1.80. The highest BCUT2D eigenvalue weighted by Gasteiger charge is 2.14. The predicted octanol–water partition coefficient (Wildman–Crippen LogP) is 4.90. The standard InChI is InChI=1S/C22H19N5O3S/c1-25(2)17-11-9-16(10-12-17)14-23-26-20(21-8-5-13-30-21)15-31-22(26)24-18-6-3-4-7-19(18)27(28)29/h3-15H,1-2H3. The fraction of sp³-hybridized carbons (Fsp3) is 0.0909. The second-order valence-corrected chi connectivity index (χ2v) is 7.62. The van der Waals surface area contributed by atoms with Gasteiger partial charge in [0.15, 0.2) is 5.76 Å². The third-order valence-electron chi connectivity index (χ3n) is 4.49. The molecule has 0 atom stereocenters. The zero-order valence-electron chi connectivity index (χ0n) is 16.9. The van der Waals surface area contributed by atoms with Crippen molar-refractivity contribution < 1.29 is 9.34 Å². The fourth-order valence-corrected chi connectivity index (χ4v) is 3.71. The first-order valence-electron chi connectivity index (χ1n) is 9.37. The van der Waals surface area contributed by atoms with E-state index in [1.54, 1.807) is 41.4 Å². The van der Waals surface area contributed by atoms with Crippen LogP contribution in [-0.4, -0.2) is 29.9 Å². The van der Waals surface area contributed by atoms with Crippen molar-refractivity contribution in [1.82, 2.24) is 4.68 Å².